The molecule has 0 spiro atoms. The molecule has 0 saturated carbocycles. The minimum atomic E-state index is -0.0598. The molecule has 0 fully saturated rings. The van der Waals surface area contributed by atoms with Crippen LogP contribution < -0.4 is 9.47 Å². The highest BCUT2D eigenvalue weighted by Crippen LogP contribution is 2.33. The van der Waals surface area contributed by atoms with Crippen molar-refractivity contribution in [1.29, 1.82) is 0 Å². The molecular weight excluding hydrogens is 436 g/mol. The van der Waals surface area contributed by atoms with E-state index in [9.17, 15) is 4.79 Å². The van der Waals surface area contributed by atoms with Crippen LogP contribution in [0.2, 0.25) is 0 Å². The first-order valence-electron chi connectivity index (χ1n) is 7.88. The zero-order valence-electron chi connectivity index (χ0n) is 13.3. The number of carbonyl (C=O) groups is 1. The van der Waals surface area contributed by atoms with Crippen LogP contribution in [0.25, 0.3) is 0 Å². The van der Waals surface area contributed by atoms with E-state index in [0.29, 0.717) is 35.8 Å². The second-order valence-corrected chi connectivity index (χ2v) is 6.70. The van der Waals surface area contributed by atoms with Gasteiger partial charge in [0.1, 0.15) is 0 Å². The van der Waals surface area contributed by atoms with Gasteiger partial charge < -0.3 is 9.47 Å². The lowest BCUT2D eigenvalue weighted by molar-refractivity contribution is 0.103. The predicted molar refractivity (Wildman–Crippen MR) is 104 cm³/mol. The van der Waals surface area contributed by atoms with Gasteiger partial charge in [0.05, 0.1) is 18.8 Å². The first-order chi connectivity index (χ1) is 11.8. The molecule has 24 heavy (non-hydrogen) atoms. The summed E-state index contributed by atoms with van der Waals surface area (Å²) in [6.07, 6.45) is 1.74. The van der Waals surface area contributed by atoms with Gasteiger partial charge >= 0.3 is 0 Å². The van der Waals surface area contributed by atoms with Gasteiger partial charge in [-0.25, -0.2) is 0 Å². The fourth-order valence-electron chi connectivity index (χ4n) is 2.17. The number of hydrogen-bond donors (Lipinski definition) is 0. The molecule has 5 heteroatoms. The molecule has 0 unspecified atom stereocenters. The van der Waals surface area contributed by atoms with Crippen LogP contribution in [0.15, 0.2) is 48.5 Å². The number of rotatable bonds is 10. The predicted octanol–water partition coefficient (Wildman–Crippen LogP) is 5.25. The van der Waals surface area contributed by atoms with E-state index in [1.165, 1.54) is 0 Å². The van der Waals surface area contributed by atoms with Gasteiger partial charge in [0, 0.05) is 16.2 Å². The van der Waals surface area contributed by atoms with E-state index < -0.39 is 0 Å². The molecule has 2 aromatic rings. The van der Waals surface area contributed by atoms with Crippen molar-refractivity contribution in [1.82, 2.24) is 0 Å². The molecule has 0 N–H and O–H groups in total. The Bertz CT molecular complexity index is 644. The molecule has 0 aliphatic rings. The monoisotopic (exact) mass is 454 g/mol. The van der Waals surface area contributed by atoms with Crippen LogP contribution in [0.1, 0.15) is 28.8 Å². The Morgan fingerprint density at radius 3 is 2.17 bits per heavy atom. The number of halogens is 2. The fourth-order valence-corrected chi connectivity index (χ4v) is 2.63. The normalized spacial score (nSPS) is 10.4. The summed E-state index contributed by atoms with van der Waals surface area (Å²) in [5.41, 5.74) is 1.17. The molecule has 0 radical (unpaired) electrons. The van der Waals surface area contributed by atoms with E-state index in [0.717, 1.165) is 23.5 Å². The van der Waals surface area contributed by atoms with Crippen LogP contribution in [0, 0.1) is 0 Å². The Morgan fingerprint density at radius 1 is 0.833 bits per heavy atom. The van der Waals surface area contributed by atoms with Gasteiger partial charge in [-0.05, 0) is 25.0 Å². The highest BCUT2D eigenvalue weighted by Gasteiger charge is 2.18. The molecule has 0 aliphatic heterocycles. The highest BCUT2D eigenvalue weighted by atomic mass is 79.9. The molecule has 0 heterocycles. The Hall–Kier alpha value is -1.33. The number of ketones is 1. The number of ether oxygens (including phenoxy) is 2. The van der Waals surface area contributed by atoms with Crippen molar-refractivity contribution in [2.45, 2.75) is 12.8 Å². The van der Waals surface area contributed by atoms with Gasteiger partial charge in [-0.1, -0.05) is 68.3 Å². The Labute approximate surface area is 159 Å². The van der Waals surface area contributed by atoms with E-state index in [2.05, 4.69) is 31.9 Å². The average molecular weight is 456 g/mol. The largest absolute Gasteiger partial charge is 0.490 e. The van der Waals surface area contributed by atoms with Crippen LogP contribution in [0.4, 0.5) is 0 Å². The molecule has 0 saturated heterocycles. The second-order valence-electron chi connectivity index (χ2n) is 5.11. The van der Waals surface area contributed by atoms with Crippen LogP contribution in [0.3, 0.4) is 0 Å². The van der Waals surface area contributed by atoms with Crippen molar-refractivity contribution in [2.24, 2.45) is 0 Å². The van der Waals surface area contributed by atoms with E-state index >= 15 is 0 Å². The molecule has 0 atom stereocenters. The maximum Gasteiger partial charge on any atom is 0.196 e. The maximum atomic E-state index is 12.8. The molecule has 128 valence electrons. The molecule has 0 aliphatic carbocycles. The van der Waals surface area contributed by atoms with Gasteiger partial charge in [-0.3, -0.25) is 4.79 Å². The quantitative estimate of drug-likeness (QED) is 0.279. The lowest BCUT2D eigenvalue weighted by atomic mass is 10.0. The Balaban J connectivity index is 2.30. The molecule has 2 rings (SSSR count). The molecule has 0 amide bonds. The van der Waals surface area contributed by atoms with Gasteiger partial charge in [0.25, 0.3) is 0 Å². The number of hydrogen-bond acceptors (Lipinski definition) is 3. The van der Waals surface area contributed by atoms with Crippen LogP contribution in [-0.4, -0.2) is 29.7 Å². The lowest BCUT2D eigenvalue weighted by Gasteiger charge is -2.16. The maximum absolute atomic E-state index is 12.8. The third kappa shape index (κ3) is 5.35. The molecular formula is C19H20Br2O3. The van der Waals surface area contributed by atoms with Gasteiger partial charge in [0.2, 0.25) is 0 Å². The first kappa shape index (κ1) is 19.0. The van der Waals surface area contributed by atoms with Crippen molar-refractivity contribution in [3.05, 3.63) is 59.7 Å². The summed E-state index contributed by atoms with van der Waals surface area (Å²) in [5, 5.41) is 1.72. The standard InChI is InChI=1S/C19H20Br2O3/c20-11-5-13-23-17-10-4-9-16(19(17)24-14-6-12-21)18(22)15-7-2-1-3-8-15/h1-4,7-10H,5-6,11-14H2. The number of carbonyl (C=O) groups excluding carboxylic acids is 1. The van der Waals surface area contributed by atoms with Gasteiger partial charge in [-0.2, -0.15) is 0 Å². The van der Waals surface area contributed by atoms with Crippen LogP contribution >= 0.6 is 31.9 Å². The fraction of sp³-hybridized carbons (Fsp3) is 0.316. The Kier molecular flexibility index (Phi) is 8.33. The first-order valence-corrected chi connectivity index (χ1v) is 10.1. The molecule has 0 aromatic heterocycles. The van der Waals surface area contributed by atoms with Crippen molar-refractivity contribution < 1.29 is 14.3 Å². The van der Waals surface area contributed by atoms with Crippen LogP contribution in [-0.2, 0) is 0 Å². The van der Waals surface area contributed by atoms with Gasteiger partial charge in [0.15, 0.2) is 17.3 Å². The summed E-state index contributed by atoms with van der Waals surface area (Å²) >= 11 is 6.78. The number of benzene rings is 2. The lowest BCUT2D eigenvalue weighted by Crippen LogP contribution is -2.09. The smallest absolute Gasteiger partial charge is 0.196 e. The zero-order valence-corrected chi connectivity index (χ0v) is 16.5. The average Bonchev–Trinajstić information content (AvgIpc) is 2.63. The number of alkyl halides is 2. The Morgan fingerprint density at radius 2 is 1.50 bits per heavy atom. The molecule has 3 nitrogen and oxygen atoms in total. The molecule has 2 aromatic carbocycles. The topological polar surface area (TPSA) is 35.5 Å². The van der Waals surface area contributed by atoms with E-state index in [-0.39, 0.29) is 5.78 Å². The zero-order chi connectivity index (χ0) is 17.2. The summed E-state index contributed by atoms with van der Waals surface area (Å²) in [7, 11) is 0. The van der Waals surface area contributed by atoms with Crippen molar-refractivity contribution in [2.75, 3.05) is 23.9 Å². The SMILES string of the molecule is O=C(c1ccccc1)c1cccc(OCCCBr)c1OCCCBr. The van der Waals surface area contributed by atoms with E-state index in [1.54, 1.807) is 6.07 Å². The summed E-state index contributed by atoms with van der Waals surface area (Å²) < 4.78 is 11.7. The summed E-state index contributed by atoms with van der Waals surface area (Å²) in [5.74, 6) is 1.09. The van der Waals surface area contributed by atoms with Crippen molar-refractivity contribution in [3.8, 4) is 11.5 Å². The van der Waals surface area contributed by atoms with E-state index in [1.807, 2.05) is 42.5 Å². The third-order valence-corrected chi connectivity index (χ3v) is 4.44. The van der Waals surface area contributed by atoms with Crippen LogP contribution in [0.5, 0.6) is 11.5 Å². The highest BCUT2D eigenvalue weighted by molar-refractivity contribution is 9.09. The number of para-hydroxylation sites is 1. The minimum absolute atomic E-state index is 0.0598. The van der Waals surface area contributed by atoms with Crippen molar-refractivity contribution in [3.63, 3.8) is 0 Å². The second kappa shape index (κ2) is 10.5. The van der Waals surface area contributed by atoms with Crippen molar-refractivity contribution >= 4 is 37.6 Å². The minimum Gasteiger partial charge on any atom is -0.490 e. The summed E-state index contributed by atoms with van der Waals surface area (Å²) in [6, 6.07) is 14.7. The van der Waals surface area contributed by atoms with E-state index in [4.69, 9.17) is 9.47 Å². The summed E-state index contributed by atoms with van der Waals surface area (Å²) in [4.78, 5) is 12.8. The van der Waals surface area contributed by atoms with Gasteiger partial charge in [-0.15, -0.1) is 0 Å². The summed E-state index contributed by atoms with van der Waals surface area (Å²) in [6.45, 7) is 1.10. The third-order valence-electron chi connectivity index (χ3n) is 3.32. The molecule has 0 bridgehead atoms.